The van der Waals surface area contributed by atoms with Gasteiger partial charge in [-0.1, -0.05) is 30.3 Å². The van der Waals surface area contributed by atoms with Crippen LogP contribution in [0.25, 0.3) is 0 Å². The first kappa shape index (κ1) is 32.2. The minimum Gasteiger partial charge on any atom is -0.478 e. The molecule has 1 N–H and O–H groups in total. The highest BCUT2D eigenvalue weighted by atomic mass is 35.5. The fourth-order valence-electron chi connectivity index (χ4n) is 6.81. The van der Waals surface area contributed by atoms with E-state index in [9.17, 15) is 22.4 Å². The van der Waals surface area contributed by atoms with Crippen molar-refractivity contribution in [2.24, 2.45) is 0 Å². The molecule has 4 unspecified atom stereocenters. The van der Waals surface area contributed by atoms with E-state index >= 15 is 0 Å². The predicted molar refractivity (Wildman–Crippen MR) is 169 cm³/mol. The van der Waals surface area contributed by atoms with E-state index in [0.717, 1.165) is 25.9 Å². The number of nitrogens with zero attached hydrogens (tertiary/aromatic N) is 4. The van der Waals surface area contributed by atoms with E-state index in [2.05, 4.69) is 20.1 Å². The van der Waals surface area contributed by atoms with Gasteiger partial charge in [0.05, 0.1) is 31.2 Å². The number of pyridine rings is 1. The summed E-state index contributed by atoms with van der Waals surface area (Å²) < 4.78 is 52.0. The van der Waals surface area contributed by atoms with Crippen LogP contribution in [0.1, 0.15) is 42.9 Å². The summed E-state index contributed by atoms with van der Waals surface area (Å²) in [6, 6.07) is 13.0. The van der Waals surface area contributed by atoms with E-state index in [4.69, 9.17) is 20.5 Å². The molecule has 2 aromatic carbocycles. The first-order valence-electron chi connectivity index (χ1n) is 15.2. The van der Waals surface area contributed by atoms with E-state index < -0.39 is 51.4 Å². The van der Waals surface area contributed by atoms with Crippen LogP contribution in [-0.2, 0) is 19.1 Å². The Kier molecular flexibility index (Phi) is 9.19. The molecule has 0 spiro atoms. The van der Waals surface area contributed by atoms with Crippen molar-refractivity contribution in [3.63, 3.8) is 0 Å². The molecule has 14 heteroatoms. The van der Waals surface area contributed by atoms with Crippen LogP contribution >= 0.6 is 11.6 Å². The number of halogens is 2. The third-order valence-electron chi connectivity index (χ3n) is 8.87. The highest BCUT2D eigenvalue weighted by Gasteiger charge is 2.55. The van der Waals surface area contributed by atoms with Gasteiger partial charge in [0.1, 0.15) is 16.2 Å². The number of likely N-dealkylation sites (tertiary alicyclic amines) is 1. The molecule has 2 saturated heterocycles. The first-order chi connectivity index (χ1) is 22.1. The third kappa shape index (κ3) is 6.16. The molecule has 46 heavy (non-hydrogen) atoms. The number of nitrogens with one attached hydrogen (secondary N) is 1. The maximum absolute atomic E-state index is 14.3. The Bertz CT molecular complexity index is 1710. The van der Waals surface area contributed by atoms with Gasteiger partial charge in [0.25, 0.3) is 0 Å². The fourth-order valence-corrected chi connectivity index (χ4v) is 8.11. The van der Waals surface area contributed by atoms with Crippen LogP contribution in [0, 0.1) is 5.82 Å². The first-order valence-corrected chi connectivity index (χ1v) is 17.0. The van der Waals surface area contributed by atoms with Gasteiger partial charge in [0.2, 0.25) is 11.8 Å². The van der Waals surface area contributed by atoms with E-state index in [0.29, 0.717) is 23.6 Å². The summed E-state index contributed by atoms with van der Waals surface area (Å²) in [5, 5.41) is 2.76. The van der Waals surface area contributed by atoms with Crippen molar-refractivity contribution in [1.29, 1.82) is 0 Å². The zero-order chi connectivity index (χ0) is 32.6. The molecule has 1 aromatic heterocycles. The maximum Gasteiger partial charge on any atom is 0.426 e. The van der Waals surface area contributed by atoms with E-state index in [1.807, 2.05) is 20.0 Å². The van der Waals surface area contributed by atoms with Crippen molar-refractivity contribution in [3.05, 3.63) is 83.8 Å². The number of benzene rings is 2. The number of piperidine rings is 1. The molecule has 0 saturated carbocycles. The lowest BCUT2D eigenvalue weighted by Gasteiger charge is -2.54. The predicted octanol–water partition coefficient (Wildman–Crippen LogP) is 4.57. The normalized spacial score (nSPS) is 24.3. The third-order valence-corrected chi connectivity index (χ3v) is 10.4. The van der Waals surface area contributed by atoms with Crippen LogP contribution < -0.4 is 10.1 Å². The molecule has 0 radical (unpaired) electrons. The molecule has 2 fully saturated rings. The topological polar surface area (TPSA) is 121 Å². The Hall–Kier alpha value is -3.78. The van der Waals surface area contributed by atoms with Gasteiger partial charge in [-0.2, -0.15) is 8.42 Å². The molecule has 4 atom stereocenters. The molecule has 0 aliphatic carbocycles. The monoisotopic (exact) mass is 671 g/mol. The Morgan fingerprint density at radius 1 is 1.09 bits per heavy atom. The lowest BCUT2D eigenvalue weighted by atomic mass is 9.80. The summed E-state index contributed by atoms with van der Waals surface area (Å²) in [5.74, 6) is -1.76. The molecule has 4 heterocycles. The summed E-state index contributed by atoms with van der Waals surface area (Å²) in [4.78, 5) is 37.8. The maximum atomic E-state index is 14.3. The summed E-state index contributed by atoms with van der Waals surface area (Å²) in [5.41, 5.74) is 0.511. The Morgan fingerprint density at radius 3 is 2.54 bits per heavy atom. The molecule has 3 aliphatic rings. The molecule has 3 aromatic rings. The molecule has 6 rings (SSSR count). The number of aromatic nitrogens is 1. The minimum absolute atomic E-state index is 0.0516. The number of hydrogen-bond acceptors (Lipinski definition) is 9. The molecular formula is C32H35ClFN5O6S. The number of amides is 2. The number of fused-ring (bicyclic) bond motifs is 1. The minimum atomic E-state index is -4.53. The van der Waals surface area contributed by atoms with Gasteiger partial charge in [-0.05, 0) is 75.8 Å². The second kappa shape index (κ2) is 13.1. The van der Waals surface area contributed by atoms with Crippen LogP contribution in [-0.4, -0.2) is 91.0 Å². The van der Waals surface area contributed by atoms with Gasteiger partial charge in [0, 0.05) is 23.5 Å². The molecule has 3 aliphatic heterocycles. The molecule has 11 nitrogen and oxygen atoms in total. The quantitative estimate of drug-likeness (QED) is 0.219. The Balaban J connectivity index is 1.52. The second-order valence-corrected chi connectivity index (χ2v) is 13.7. The number of carbonyl (C=O) groups excluding carboxylic acids is 2. The number of ether oxygens (including phenoxy) is 1. The molecule has 2 amide bonds. The lowest BCUT2D eigenvalue weighted by molar-refractivity contribution is -0.120. The fraction of sp³-hybridized carbons (Fsp3) is 0.406. The van der Waals surface area contributed by atoms with Crippen molar-refractivity contribution in [2.75, 3.05) is 38.6 Å². The standard InChI is InChI=1S/C32H35ClFN5O6S/c1-3-44-31-24(10-7-15-35-31)28-29(27-23-12-11-20(34)18-25(23)36-30(27)40)38(19-26(33)39(28)21-13-16-37(2)17-14-21)32(41)45-46(42,43)22-8-5-4-6-9-22/h4-12,15,18,21,26-29H,3,13-14,16-17,19H2,1-2H3,(H,36,40). The number of rotatable bonds is 7. The lowest BCUT2D eigenvalue weighted by Crippen LogP contribution is -2.65. The van der Waals surface area contributed by atoms with Gasteiger partial charge in [0.15, 0.2) is 0 Å². The van der Waals surface area contributed by atoms with Crippen LogP contribution in [0.5, 0.6) is 5.88 Å². The van der Waals surface area contributed by atoms with Crippen molar-refractivity contribution in [1.82, 2.24) is 19.7 Å². The summed E-state index contributed by atoms with van der Waals surface area (Å²) in [6.45, 7) is 3.58. The van der Waals surface area contributed by atoms with Gasteiger partial charge in [-0.3, -0.25) is 14.6 Å². The van der Waals surface area contributed by atoms with E-state index in [1.165, 1.54) is 47.4 Å². The summed E-state index contributed by atoms with van der Waals surface area (Å²) in [6.07, 6.45) is 1.93. The average Bonchev–Trinajstić information content (AvgIpc) is 3.36. The van der Waals surface area contributed by atoms with E-state index in [-0.39, 0.29) is 23.2 Å². The highest BCUT2D eigenvalue weighted by Crippen LogP contribution is 2.49. The van der Waals surface area contributed by atoms with Crippen LogP contribution in [0.2, 0.25) is 0 Å². The summed E-state index contributed by atoms with van der Waals surface area (Å²) in [7, 11) is -2.49. The highest BCUT2D eigenvalue weighted by molar-refractivity contribution is 7.87. The van der Waals surface area contributed by atoms with Gasteiger partial charge in [-0.15, -0.1) is 11.6 Å². The number of anilines is 1. The zero-order valence-corrected chi connectivity index (χ0v) is 27.0. The number of carbonyl (C=O) groups is 2. The van der Waals surface area contributed by atoms with Crippen molar-refractivity contribution < 1.29 is 31.3 Å². The van der Waals surface area contributed by atoms with Crippen LogP contribution in [0.3, 0.4) is 0 Å². The second-order valence-electron chi connectivity index (χ2n) is 11.6. The van der Waals surface area contributed by atoms with Gasteiger partial charge >= 0.3 is 16.2 Å². The Labute approximate surface area is 272 Å². The summed E-state index contributed by atoms with van der Waals surface area (Å²) >= 11 is 7.18. The van der Waals surface area contributed by atoms with Crippen molar-refractivity contribution in [3.8, 4) is 5.88 Å². The zero-order valence-electron chi connectivity index (χ0n) is 25.4. The van der Waals surface area contributed by atoms with Gasteiger partial charge in [-0.25, -0.2) is 14.2 Å². The van der Waals surface area contributed by atoms with Gasteiger partial charge < -0.3 is 19.1 Å². The van der Waals surface area contributed by atoms with E-state index in [1.54, 1.807) is 18.3 Å². The smallest absolute Gasteiger partial charge is 0.426 e. The van der Waals surface area contributed by atoms with Crippen molar-refractivity contribution in [2.45, 2.75) is 54.2 Å². The van der Waals surface area contributed by atoms with Crippen LogP contribution in [0.4, 0.5) is 14.9 Å². The number of alkyl halides is 1. The largest absolute Gasteiger partial charge is 0.478 e. The SMILES string of the molecule is CCOc1ncccc1C1C(C2C(=O)Nc3cc(F)ccc32)N(C(=O)OS(=O)(=O)c2ccccc2)CC(Cl)N1C1CCN(C)CC1. The number of piperazine rings is 1. The molecule has 0 bridgehead atoms. The van der Waals surface area contributed by atoms with Crippen LogP contribution in [0.15, 0.2) is 71.8 Å². The number of hydrogen-bond donors (Lipinski definition) is 1. The Morgan fingerprint density at radius 2 is 1.83 bits per heavy atom. The average molecular weight is 672 g/mol. The molecule has 244 valence electrons. The molecular weight excluding hydrogens is 637 g/mol. The van der Waals surface area contributed by atoms with Crippen molar-refractivity contribution >= 4 is 39.4 Å².